The largest absolute Gasteiger partial charge is 0.354 e. The molecule has 114 valence electrons. The van der Waals surface area contributed by atoms with Gasteiger partial charge >= 0.3 is 0 Å². The van der Waals surface area contributed by atoms with Crippen LogP contribution >= 0.6 is 0 Å². The molecule has 0 radical (unpaired) electrons. The molecule has 0 amide bonds. The van der Waals surface area contributed by atoms with Gasteiger partial charge in [0.1, 0.15) is 5.52 Å². The van der Waals surface area contributed by atoms with E-state index in [4.69, 9.17) is 4.98 Å². The van der Waals surface area contributed by atoms with Crippen molar-refractivity contribution in [3.63, 3.8) is 0 Å². The van der Waals surface area contributed by atoms with Crippen LogP contribution in [0.25, 0.3) is 11.2 Å². The van der Waals surface area contributed by atoms with Gasteiger partial charge in [-0.15, -0.1) is 0 Å². The zero-order valence-corrected chi connectivity index (χ0v) is 13.1. The maximum absolute atomic E-state index is 4.76. The van der Waals surface area contributed by atoms with Crippen LogP contribution in [0.4, 0.5) is 11.8 Å². The molecule has 1 fully saturated rings. The molecular formula is C15H24N6. The third kappa shape index (κ3) is 2.66. The van der Waals surface area contributed by atoms with Crippen molar-refractivity contribution in [1.82, 2.24) is 19.9 Å². The van der Waals surface area contributed by atoms with Gasteiger partial charge in [-0.2, -0.15) is 9.97 Å². The summed E-state index contributed by atoms with van der Waals surface area (Å²) in [7, 11) is 0. The Bertz CT molecular complexity index is 605. The summed E-state index contributed by atoms with van der Waals surface area (Å²) in [4.78, 5) is 19.2. The van der Waals surface area contributed by atoms with Crippen LogP contribution in [0.5, 0.6) is 0 Å². The van der Waals surface area contributed by atoms with Crippen molar-refractivity contribution in [3.8, 4) is 0 Å². The smallest absolute Gasteiger partial charge is 0.226 e. The molecule has 1 aliphatic heterocycles. The van der Waals surface area contributed by atoms with E-state index in [1.165, 1.54) is 12.8 Å². The number of aromatic nitrogens is 4. The highest BCUT2D eigenvalue weighted by molar-refractivity contribution is 5.84. The van der Waals surface area contributed by atoms with Crippen LogP contribution < -0.4 is 10.2 Å². The molecule has 0 aliphatic carbocycles. The number of imidazole rings is 1. The third-order valence-electron chi connectivity index (χ3n) is 4.14. The number of rotatable bonds is 5. The fourth-order valence-corrected chi connectivity index (χ4v) is 3.09. The molecule has 6 heteroatoms. The van der Waals surface area contributed by atoms with Crippen molar-refractivity contribution in [2.24, 2.45) is 5.92 Å². The first kappa shape index (κ1) is 14.1. The van der Waals surface area contributed by atoms with E-state index < -0.39 is 0 Å². The van der Waals surface area contributed by atoms with Gasteiger partial charge in [-0.25, -0.2) is 4.98 Å². The Labute approximate surface area is 125 Å². The fraction of sp³-hybridized carbons (Fsp3) is 0.667. The van der Waals surface area contributed by atoms with Gasteiger partial charge in [0, 0.05) is 19.1 Å². The minimum absolute atomic E-state index is 0.547. The van der Waals surface area contributed by atoms with Gasteiger partial charge in [-0.3, -0.25) is 0 Å². The minimum atomic E-state index is 0.547. The van der Waals surface area contributed by atoms with Crippen LogP contribution in [-0.2, 0) is 0 Å². The lowest BCUT2D eigenvalue weighted by molar-refractivity contribution is 0.490. The summed E-state index contributed by atoms with van der Waals surface area (Å²) in [5.74, 6) is 2.29. The Hall–Kier alpha value is -1.85. The van der Waals surface area contributed by atoms with Crippen LogP contribution in [0, 0.1) is 5.92 Å². The monoisotopic (exact) mass is 288 g/mol. The molecule has 1 saturated heterocycles. The van der Waals surface area contributed by atoms with Gasteiger partial charge in [-0.1, -0.05) is 20.8 Å². The number of aromatic amines is 1. The quantitative estimate of drug-likeness (QED) is 0.885. The summed E-state index contributed by atoms with van der Waals surface area (Å²) in [5.41, 5.74) is 1.69. The molecule has 2 aromatic heterocycles. The van der Waals surface area contributed by atoms with Crippen LogP contribution in [0.15, 0.2) is 6.33 Å². The topological polar surface area (TPSA) is 69.7 Å². The number of hydrogen-bond acceptors (Lipinski definition) is 5. The Morgan fingerprint density at radius 1 is 1.43 bits per heavy atom. The molecule has 0 aromatic carbocycles. The van der Waals surface area contributed by atoms with Crippen LogP contribution in [0.1, 0.15) is 40.0 Å². The average molecular weight is 288 g/mol. The van der Waals surface area contributed by atoms with Crippen molar-refractivity contribution in [2.45, 2.75) is 46.1 Å². The lowest BCUT2D eigenvalue weighted by Crippen LogP contribution is -2.34. The van der Waals surface area contributed by atoms with Gasteiger partial charge < -0.3 is 15.2 Å². The number of nitrogens with one attached hydrogen (secondary N) is 2. The van der Waals surface area contributed by atoms with E-state index in [1.807, 2.05) is 0 Å². The molecule has 1 aliphatic rings. The molecule has 0 saturated carbocycles. The van der Waals surface area contributed by atoms with E-state index in [2.05, 4.69) is 45.9 Å². The molecule has 2 N–H and O–H groups in total. The second-order valence-corrected chi connectivity index (χ2v) is 6.05. The number of H-pyrrole nitrogens is 1. The molecule has 1 unspecified atom stereocenters. The van der Waals surface area contributed by atoms with Crippen LogP contribution in [-0.4, -0.2) is 39.1 Å². The fourth-order valence-electron chi connectivity index (χ4n) is 3.09. The van der Waals surface area contributed by atoms with Crippen LogP contribution in [0.2, 0.25) is 0 Å². The Morgan fingerprint density at radius 2 is 2.29 bits per heavy atom. The predicted molar refractivity (Wildman–Crippen MR) is 85.7 cm³/mol. The molecule has 21 heavy (non-hydrogen) atoms. The first-order valence-corrected chi connectivity index (χ1v) is 7.92. The summed E-state index contributed by atoms with van der Waals surface area (Å²) >= 11 is 0. The summed E-state index contributed by atoms with van der Waals surface area (Å²) in [6, 6.07) is 0.547. The molecule has 2 aromatic rings. The van der Waals surface area contributed by atoms with Crippen molar-refractivity contribution in [3.05, 3.63) is 6.33 Å². The van der Waals surface area contributed by atoms with Gasteiger partial charge in [-0.05, 0) is 25.2 Å². The third-order valence-corrected chi connectivity index (χ3v) is 4.14. The van der Waals surface area contributed by atoms with Gasteiger partial charge in [0.05, 0.1) is 6.33 Å². The van der Waals surface area contributed by atoms with Gasteiger partial charge in [0.2, 0.25) is 5.95 Å². The highest BCUT2D eigenvalue weighted by atomic mass is 15.3. The van der Waals surface area contributed by atoms with E-state index in [-0.39, 0.29) is 0 Å². The van der Waals surface area contributed by atoms with E-state index in [9.17, 15) is 0 Å². The highest BCUT2D eigenvalue weighted by Gasteiger charge is 2.30. The van der Waals surface area contributed by atoms with Crippen molar-refractivity contribution in [1.29, 1.82) is 0 Å². The van der Waals surface area contributed by atoms with Crippen LogP contribution in [0.3, 0.4) is 0 Å². The molecule has 6 nitrogen and oxygen atoms in total. The second-order valence-electron chi connectivity index (χ2n) is 6.05. The highest BCUT2D eigenvalue weighted by Crippen LogP contribution is 2.32. The number of anilines is 2. The maximum Gasteiger partial charge on any atom is 0.226 e. The normalized spacial score (nSPS) is 18.9. The summed E-state index contributed by atoms with van der Waals surface area (Å²) in [6.07, 6.45) is 5.21. The molecule has 3 heterocycles. The van der Waals surface area contributed by atoms with E-state index in [0.717, 1.165) is 36.5 Å². The van der Waals surface area contributed by atoms with Crippen molar-refractivity contribution >= 4 is 22.9 Å². The summed E-state index contributed by atoms with van der Waals surface area (Å²) in [5, 5.41) is 3.28. The lowest BCUT2D eigenvalue weighted by atomic mass is 10.0. The zero-order valence-electron chi connectivity index (χ0n) is 13.1. The summed E-state index contributed by atoms with van der Waals surface area (Å²) < 4.78 is 0. The van der Waals surface area contributed by atoms with E-state index in [0.29, 0.717) is 17.9 Å². The van der Waals surface area contributed by atoms with Gasteiger partial charge in [0.15, 0.2) is 11.5 Å². The number of hydrogen-bond donors (Lipinski definition) is 2. The maximum atomic E-state index is 4.76. The molecule has 3 rings (SSSR count). The molecule has 1 atom stereocenters. The lowest BCUT2D eigenvalue weighted by Gasteiger charge is -2.29. The van der Waals surface area contributed by atoms with Gasteiger partial charge in [0.25, 0.3) is 0 Å². The number of nitrogens with zero attached hydrogens (tertiary/aromatic N) is 4. The Kier molecular flexibility index (Phi) is 3.94. The first-order valence-electron chi connectivity index (χ1n) is 7.92. The molecular weight excluding hydrogens is 264 g/mol. The summed E-state index contributed by atoms with van der Waals surface area (Å²) in [6.45, 7) is 8.63. The SMILES string of the molecule is CCCNc1nc(N2CCCC2C(C)C)c2[nH]cnc2n1. The van der Waals surface area contributed by atoms with Crippen molar-refractivity contribution < 1.29 is 0 Å². The second kappa shape index (κ2) is 5.87. The minimum Gasteiger partial charge on any atom is -0.354 e. The molecule has 0 bridgehead atoms. The average Bonchev–Trinajstić information content (AvgIpc) is 3.12. The predicted octanol–water partition coefficient (Wildman–Crippen LogP) is 2.80. The Balaban J connectivity index is 2.01. The van der Waals surface area contributed by atoms with E-state index in [1.54, 1.807) is 6.33 Å². The molecule has 0 spiro atoms. The van der Waals surface area contributed by atoms with E-state index >= 15 is 0 Å². The standard InChI is InChI=1S/C15H24N6/c1-4-7-16-15-19-13-12(17-9-18-13)14(20-15)21-8-5-6-11(21)10(2)3/h9-11H,4-8H2,1-3H3,(H2,16,17,18,19,20). The Morgan fingerprint density at radius 3 is 3.05 bits per heavy atom. The first-order chi connectivity index (χ1) is 10.2. The zero-order chi connectivity index (χ0) is 14.8. The number of fused-ring (bicyclic) bond motifs is 1. The van der Waals surface area contributed by atoms with Crippen molar-refractivity contribution in [2.75, 3.05) is 23.3 Å².